The highest BCUT2D eigenvalue weighted by atomic mass is 32.1. The average molecular weight is 397 g/mol. The molecule has 2 aromatic carbocycles. The normalized spacial score (nSPS) is 11.7. The molecule has 1 unspecified atom stereocenters. The highest BCUT2D eigenvalue weighted by molar-refractivity contribution is 7.13. The third-order valence-electron chi connectivity index (χ3n) is 4.27. The van der Waals surface area contributed by atoms with Gasteiger partial charge in [-0.3, -0.25) is 4.79 Å². The standard InChI is InChI=1S/C22H24N2O3S/c1-15-4-6-17(7-5-15)22-24-18(14-28-22)12-13-23-21(25)16(2)27-20-10-8-19(26-3)9-11-20/h4-11,14,16H,12-13H2,1-3H3,(H,23,25). The topological polar surface area (TPSA) is 60.5 Å². The first kappa shape index (κ1) is 19.9. The van der Waals surface area contributed by atoms with Gasteiger partial charge in [0, 0.05) is 23.9 Å². The highest BCUT2D eigenvalue weighted by Gasteiger charge is 2.14. The first-order chi connectivity index (χ1) is 13.5. The Hall–Kier alpha value is -2.86. The number of nitrogens with zero attached hydrogens (tertiary/aromatic N) is 1. The minimum absolute atomic E-state index is 0.148. The molecule has 0 bridgehead atoms. The van der Waals surface area contributed by atoms with Crippen molar-refractivity contribution in [2.45, 2.75) is 26.4 Å². The Bertz CT molecular complexity index is 904. The second kappa shape index (κ2) is 9.37. The summed E-state index contributed by atoms with van der Waals surface area (Å²) >= 11 is 1.62. The van der Waals surface area contributed by atoms with Crippen LogP contribution in [0.5, 0.6) is 11.5 Å². The summed E-state index contributed by atoms with van der Waals surface area (Å²) < 4.78 is 10.8. The lowest BCUT2D eigenvalue weighted by molar-refractivity contribution is -0.127. The van der Waals surface area contributed by atoms with Gasteiger partial charge in [-0.1, -0.05) is 29.8 Å². The number of thiazole rings is 1. The van der Waals surface area contributed by atoms with Crippen LogP contribution in [0.2, 0.25) is 0 Å². The monoisotopic (exact) mass is 396 g/mol. The molecule has 0 fully saturated rings. The molecule has 1 atom stereocenters. The highest BCUT2D eigenvalue weighted by Crippen LogP contribution is 2.24. The molecule has 0 spiro atoms. The smallest absolute Gasteiger partial charge is 0.260 e. The summed E-state index contributed by atoms with van der Waals surface area (Å²) in [4.78, 5) is 16.9. The van der Waals surface area contributed by atoms with Crippen molar-refractivity contribution in [2.24, 2.45) is 0 Å². The third kappa shape index (κ3) is 5.33. The summed E-state index contributed by atoms with van der Waals surface area (Å²) in [5.41, 5.74) is 3.33. The zero-order chi connectivity index (χ0) is 19.9. The van der Waals surface area contributed by atoms with Crippen LogP contribution in [0.1, 0.15) is 18.2 Å². The van der Waals surface area contributed by atoms with Gasteiger partial charge in [0.15, 0.2) is 6.10 Å². The largest absolute Gasteiger partial charge is 0.497 e. The molecule has 3 rings (SSSR count). The second-order valence-electron chi connectivity index (χ2n) is 6.49. The number of benzene rings is 2. The van der Waals surface area contributed by atoms with Crippen LogP contribution in [0.25, 0.3) is 10.6 Å². The number of aromatic nitrogens is 1. The van der Waals surface area contributed by atoms with Crippen molar-refractivity contribution >= 4 is 17.2 Å². The molecule has 28 heavy (non-hydrogen) atoms. The molecule has 0 saturated heterocycles. The summed E-state index contributed by atoms with van der Waals surface area (Å²) in [6, 6.07) is 15.5. The summed E-state index contributed by atoms with van der Waals surface area (Å²) in [7, 11) is 1.61. The maximum absolute atomic E-state index is 12.2. The summed E-state index contributed by atoms with van der Waals surface area (Å²) in [6.45, 7) is 4.32. The van der Waals surface area contributed by atoms with Gasteiger partial charge in [0.25, 0.3) is 5.91 Å². The molecule has 5 nitrogen and oxygen atoms in total. The maximum atomic E-state index is 12.2. The number of ether oxygens (including phenoxy) is 2. The Labute approximate surface area is 169 Å². The first-order valence-corrected chi connectivity index (χ1v) is 10.0. The third-order valence-corrected chi connectivity index (χ3v) is 5.21. The fraction of sp³-hybridized carbons (Fsp3) is 0.273. The van der Waals surface area contributed by atoms with Gasteiger partial charge in [-0.25, -0.2) is 4.98 Å². The van der Waals surface area contributed by atoms with E-state index in [9.17, 15) is 4.79 Å². The van der Waals surface area contributed by atoms with Crippen LogP contribution in [0.3, 0.4) is 0 Å². The predicted molar refractivity (Wildman–Crippen MR) is 112 cm³/mol. The minimum atomic E-state index is -0.577. The van der Waals surface area contributed by atoms with E-state index in [0.29, 0.717) is 18.7 Å². The van der Waals surface area contributed by atoms with Crippen LogP contribution < -0.4 is 14.8 Å². The number of aryl methyl sites for hydroxylation is 1. The fourth-order valence-electron chi connectivity index (χ4n) is 2.62. The molecule has 1 aromatic heterocycles. The number of hydrogen-bond donors (Lipinski definition) is 1. The lowest BCUT2D eigenvalue weighted by atomic mass is 10.2. The van der Waals surface area contributed by atoms with E-state index in [-0.39, 0.29) is 5.91 Å². The van der Waals surface area contributed by atoms with Gasteiger partial charge in [0.2, 0.25) is 0 Å². The van der Waals surface area contributed by atoms with Gasteiger partial charge in [0.1, 0.15) is 16.5 Å². The molecule has 6 heteroatoms. The van der Waals surface area contributed by atoms with E-state index in [0.717, 1.165) is 22.0 Å². The molecular formula is C22H24N2O3S. The van der Waals surface area contributed by atoms with Crippen molar-refractivity contribution in [3.05, 3.63) is 65.2 Å². The molecule has 0 aliphatic heterocycles. The Kier molecular flexibility index (Phi) is 6.66. The summed E-state index contributed by atoms with van der Waals surface area (Å²) in [6.07, 6.45) is 0.107. The number of methoxy groups -OCH3 is 1. The van der Waals surface area contributed by atoms with Crippen LogP contribution in [-0.2, 0) is 11.2 Å². The number of amides is 1. The Balaban J connectivity index is 1.46. The number of nitrogens with one attached hydrogen (secondary N) is 1. The van der Waals surface area contributed by atoms with Gasteiger partial charge in [0.05, 0.1) is 12.8 Å². The summed E-state index contributed by atoms with van der Waals surface area (Å²) in [5, 5.41) is 5.94. The van der Waals surface area contributed by atoms with E-state index in [1.54, 1.807) is 49.6 Å². The van der Waals surface area contributed by atoms with Crippen LogP contribution in [-0.4, -0.2) is 30.6 Å². The lowest BCUT2D eigenvalue weighted by Crippen LogP contribution is -2.37. The molecule has 0 radical (unpaired) electrons. The van der Waals surface area contributed by atoms with Crippen molar-refractivity contribution in [3.8, 4) is 22.1 Å². The van der Waals surface area contributed by atoms with Gasteiger partial charge >= 0.3 is 0 Å². The Morgan fingerprint density at radius 3 is 2.46 bits per heavy atom. The second-order valence-corrected chi connectivity index (χ2v) is 7.34. The number of hydrogen-bond acceptors (Lipinski definition) is 5. The van der Waals surface area contributed by atoms with Crippen molar-refractivity contribution in [1.82, 2.24) is 10.3 Å². The molecule has 3 aromatic rings. The minimum Gasteiger partial charge on any atom is -0.497 e. The summed E-state index contributed by atoms with van der Waals surface area (Å²) in [5.74, 6) is 1.23. The zero-order valence-corrected chi connectivity index (χ0v) is 17.1. The van der Waals surface area contributed by atoms with E-state index < -0.39 is 6.10 Å². The zero-order valence-electron chi connectivity index (χ0n) is 16.3. The average Bonchev–Trinajstić information content (AvgIpc) is 3.18. The quantitative estimate of drug-likeness (QED) is 0.618. The molecule has 1 N–H and O–H groups in total. The maximum Gasteiger partial charge on any atom is 0.260 e. The molecule has 1 amide bonds. The number of carbonyl (C=O) groups excluding carboxylic acids is 1. The SMILES string of the molecule is COc1ccc(OC(C)C(=O)NCCc2csc(-c3ccc(C)cc3)n2)cc1. The van der Waals surface area contributed by atoms with Crippen LogP contribution in [0.15, 0.2) is 53.9 Å². The van der Waals surface area contributed by atoms with E-state index in [1.807, 2.05) is 5.38 Å². The van der Waals surface area contributed by atoms with E-state index in [1.165, 1.54) is 5.56 Å². The van der Waals surface area contributed by atoms with Crippen molar-refractivity contribution in [1.29, 1.82) is 0 Å². The Morgan fingerprint density at radius 2 is 1.79 bits per heavy atom. The predicted octanol–water partition coefficient (Wildman–Crippen LogP) is 4.25. The number of rotatable bonds is 8. The molecule has 146 valence electrons. The molecule has 0 saturated carbocycles. The van der Waals surface area contributed by atoms with Gasteiger partial charge < -0.3 is 14.8 Å². The Morgan fingerprint density at radius 1 is 1.11 bits per heavy atom. The number of carbonyl (C=O) groups is 1. The van der Waals surface area contributed by atoms with Gasteiger partial charge in [-0.05, 0) is 38.1 Å². The van der Waals surface area contributed by atoms with Crippen molar-refractivity contribution in [3.63, 3.8) is 0 Å². The lowest BCUT2D eigenvalue weighted by Gasteiger charge is -2.14. The van der Waals surface area contributed by atoms with E-state index in [4.69, 9.17) is 9.47 Å². The van der Waals surface area contributed by atoms with Gasteiger partial charge in [-0.2, -0.15) is 0 Å². The van der Waals surface area contributed by atoms with Crippen LogP contribution >= 0.6 is 11.3 Å². The molecule has 0 aliphatic rings. The fourth-order valence-corrected chi connectivity index (χ4v) is 3.48. The van der Waals surface area contributed by atoms with Crippen molar-refractivity contribution in [2.75, 3.05) is 13.7 Å². The van der Waals surface area contributed by atoms with Crippen molar-refractivity contribution < 1.29 is 14.3 Å². The molecule has 1 heterocycles. The first-order valence-electron chi connectivity index (χ1n) is 9.15. The van der Waals surface area contributed by atoms with E-state index in [2.05, 4.69) is 41.5 Å². The van der Waals surface area contributed by atoms with E-state index >= 15 is 0 Å². The van der Waals surface area contributed by atoms with Crippen LogP contribution in [0.4, 0.5) is 0 Å². The molecule has 0 aliphatic carbocycles. The van der Waals surface area contributed by atoms with Gasteiger partial charge in [-0.15, -0.1) is 11.3 Å². The van der Waals surface area contributed by atoms with Crippen LogP contribution in [0, 0.1) is 6.92 Å². The molecular weight excluding hydrogens is 372 g/mol.